The lowest BCUT2D eigenvalue weighted by Gasteiger charge is -1.93. The molecule has 13 heavy (non-hydrogen) atoms. The molecule has 0 aliphatic rings. The van der Waals surface area contributed by atoms with E-state index in [2.05, 4.69) is 10.3 Å². The molecule has 0 spiro atoms. The molecule has 0 radical (unpaired) electrons. The number of benzene rings is 1. The summed E-state index contributed by atoms with van der Waals surface area (Å²) >= 11 is 5.28. The molecule has 4 nitrogen and oxygen atoms in total. The quantitative estimate of drug-likeness (QED) is 0.604. The minimum Gasteiger partial charge on any atom is -0.253 e. The number of nitrogens with zero attached hydrogens (tertiary/aromatic N) is 3. The topological polar surface area (TPSA) is 47.8 Å². The van der Waals surface area contributed by atoms with E-state index in [0.717, 1.165) is 10.2 Å². The summed E-state index contributed by atoms with van der Waals surface area (Å²) in [5.41, 5.74) is 2.38. The van der Waals surface area contributed by atoms with Crippen molar-refractivity contribution >= 4 is 28.0 Å². The first-order valence-electron chi connectivity index (χ1n) is 3.70. The number of hydrogen-bond donors (Lipinski definition) is 0. The molecular formula is C8H6ClN3O. The molecule has 2 rings (SSSR count). The molecule has 0 aliphatic carbocycles. The zero-order valence-corrected chi connectivity index (χ0v) is 7.62. The normalized spacial score (nSPS) is 10.6. The zero-order chi connectivity index (χ0) is 9.42. The van der Waals surface area contributed by atoms with Crippen molar-refractivity contribution in [1.82, 2.24) is 15.0 Å². The van der Waals surface area contributed by atoms with E-state index >= 15 is 0 Å². The molecule has 0 bridgehead atoms. The number of halogens is 1. The van der Waals surface area contributed by atoms with Crippen LogP contribution in [0.4, 0.5) is 4.79 Å². The fraction of sp³-hybridized carbons (Fsp3) is 0.125. The number of carbonyl (C=O) groups excluding carboxylic acids is 1. The van der Waals surface area contributed by atoms with E-state index in [1.807, 2.05) is 19.1 Å². The standard InChI is InChI=1S/C8H6ClN3O/c1-5-2-3-7-6(4-5)10-11-12(7)8(9)13/h2-4H,1H3. The monoisotopic (exact) mass is 195 g/mol. The smallest absolute Gasteiger partial charge is 0.253 e. The Labute approximate surface area is 79.1 Å². The molecule has 1 heterocycles. The number of carbonyl (C=O) groups is 1. The van der Waals surface area contributed by atoms with Gasteiger partial charge in [-0.2, -0.15) is 4.68 Å². The van der Waals surface area contributed by atoms with Gasteiger partial charge in [0.1, 0.15) is 5.52 Å². The van der Waals surface area contributed by atoms with Gasteiger partial charge >= 0.3 is 5.37 Å². The Morgan fingerprint density at radius 2 is 2.31 bits per heavy atom. The third-order valence-corrected chi connectivity index (χ3v) is 1.93. The van der Waals surface area contributed by atoms with E-state index < -0.39 is 5.37 Å². The summed E-state index contributed by atoms with van der Waals surface area (Å²) in [5.74, 6) is 0. The van der Waals surface area contributed by atoms with E-state index in [9.17, 15) is 4.79 Å². The van der Waals surface area contributed by atoms with Crippen LogP contribution in [-0.4, -0.2) is 20.4 Å². The SMILES string of the molecule is Cc1ccc2c(c1)nnn2C(=O)Cl. The second-order valence-electron chi connectivity index (χ2n) is 2.75. The summed E-state index contributed by atoms with van der Waals surface area (Å²) < 4.78 is 1.07. The molecule has 0 saturated carbocycles. The fourth-order valence-electron chi connectivity index (χ4n) is 1.16. The van der Waals surface area contributed by atoms with Gasteiger partial charge in [0.2, 0.25) is 0 Å². The molecule has 0 saturated heterocycles. The van der Waals surface area contributed by atoms with Crippen LogP contribution in [0.3, 0.4) is 0 Å². The van der Waals surface area contributed by atoms with Crippen LogP contribution in [0.1, 0.15) is 5.56 Å². The van der Waals surface area contributed by atoms with Gasteiger partial charge in [-0.25, -0.2) is 0 Å². The predicted molar refractivity (Wildman–Crippen MR) is 48.9 cm³/mol. The molecule has 0 atom stereocenters. The van der Waals surface area contributed by atoms with Crippen LogP contribution in [0.25, 0.3) is 11.0 Å². The van der Waals surface area contributed by atoms with E-state index in [0.29, 0.717) is 11.0 Å². The van der Waals surface area contributed by atoms with Crippen LogP contribution in [0.5, 0.6) is 0 Å². The molecular weight excluding hydrogens is 190 g/mol. The number of fused-ring (bicyclic) bond motifs is 1. The first-order valence-corrected chi connectivity index (χ1v) is 4.08. The van der Waals surface area contributed by atoms with Crippen molar-refractivity contribution in [3.63, 3.8) is 0 Å². The van der Waals surface area contributed by atoms with Crippen LogP contribution in [0.15, 0.2) is 18.2 Å². The second-order valence-corrected chi connectivity index (χ2v) is 3.07. The van der Waals surface area contributed by atoms with Crippen LogP contribution in [-0.2, 0) is 0 Å². The number of rotatable bonds is 0. The average Bonchev–Trinajstić information content (AvgIpc) is 2.46. The summed E-state index contributed by atoms with van der Waals surface area (Å²) in [6, 6.07) is 5.49. The van der Waals surface area contributed by atoms with Crippen molar-refractivity contribution < 1.29 is 4.79 Å². The summed E-state index contributed by atoms with van der Waals surface area (Å²) in [5, 5.41) is 6.78. The molecule has 0 fully saturated rings. The van der Waals surface area contributed by atoms with Crippen molar-refractivity contribution in [3.8, 4) is 0 Å². The first kappa shape index (κ1) is 8.19. The van der Waals surface area contributed by atoms with Crippen LogP contribution >= 0.6 is 11.6 Å². The molecule has 5 heteroatoms. The Hall–Kier alpha value is -1.42. The van der Waals surface area contributed by atoms with Crippen molar-refractivity contribution in [2.24, 2.45) is 0 Å². The Balaban J connectivity index is 2.76. The molecule has 0 unspecified atom stereocenters. The summed E-state index contributed by atoms with van der Waals surface area (Å²) in [6.07, 6.45) is 0. The van der Waals surface area contributed by atoms with E-state index in [-0.39, 0.29) is 0 Å². The lowest BCUT2D eigenvalue weighted by molar-refractivity contribution is 0.259. The molecule has 1 aromatic heterocycles. The lowest BCUT2D eigenvalue weighted by Crippen LogP contribution is -2.03. The van der Waals surface area contributed by atoms with Gasteiger partial charge in [0.15, 0.2) is 0 Å². The maximum Gasteiger partial charge on any atom is 0.342 e. The number of hydrogen-bond acceptors (Lipinski definition) is 3. The van der Waals surface area contributed by atoms with Gasteiger partial charge in [0.05, 0.1) is 5.52 Å². The Bertz CT molecular complexity index is 477. The summed E-state index contributed by atoms with van der Waals surface area (Å²) in [6.45, 7) is 1.95. The Morgan fingerprint density at radius 1 is 1.54 bits per heavy atom. The number of aromatic nitrogens is 3. The largest absolute Gasteiger partial charge is 0.342 e. The van der Waals surface area contributed by atoms with Gasteiger partial charge in [0.25, 0.3) is 0 Å². The minimum atomic E-state index is -0.647. The highest BCUT2D eigenvalue weighted by Crippen LogP contribution is 2.13. The van der Waals surface area contributed by atoms with Crippen molar-refractivity contribution in [2.45, 2.75) is 6.92 Å². The molecule has 2 aromatic rings. The van der Waals surface area contributed by atoms with Crippen molar-refractivity contribution in [1.29, 1.82) is 0 Å². The van der Waals surface area contributed by atoms with Gasteiger partial charge in [-0.3, -0.25) is 4.79 Å². The predicted octanol–water partition coefficient (Wildman–Crippen LogP) is 1.95. The van der Waals surface area contributed by atoms with Gasteiger partial charge in [0, 0.05) is 0 Å². The number of aryl methyl sites for hydroxylation is 1. The van der Waals surface area contributed by atoms with Crippen molar-refractivity contribution in [2.75, 3.05) is 0 Å². The third-order valence-electron chi connectivity index (χ3n) is 1.77. The van der Waals surface area contributed by atoms with Crippen LogP contribution < -0.4 is 0 Å². The zero-order valence-electron chi connectivity index (χ0n) is 6.86. The van der Waals surface area contributed by atoms with E-state index in [1.165, 1.54) is 0 Å². The highest BCUT2D eigenvalue weighted by atomic mass is 35.5. The average molecular weight is 196 g/mol. The molecule has 0 aliphatic heterocycles. The van der Waals surface area contributed by atoms with Gasteiger partial charge < -0.3 is 0 Å². The van der Waals surface area contributed by atoms with Gasteiger partial charge in [-0.1, -0.05) is 11.3 Å². The molecule has 1 aromatic carbocycles. The fourth-order valence-corrected chi connectivity index (χ4v) is 1.29. The molecule has 0 N–H and O–H groups in total. The minimum absolute atomic E-state index is 0.630. The summed E-state index contributed by atoms with van der Waals surface area (Å²) in [4.78, 5) is 10.8. The first-order chi connectivity index (χ1) is 6.18. The Morgan fingerprint density at radius 3 is 3.00 bits per heavy atom. The summed E-state index contributed by atoms with van der Waals surface area (Å²) in [7, 11) is 0. The molecule has 66 valence electrons. The lowest BCUT2D eigenvalue weighted by atomic mass is 10.2. The maximum atomic E-state index is 10.8. The van der Waals surface area contributed by atoms with Crippen LogP contribution in [0.2, 0.25) is 0 Å². The van der Waals surface area contributed by atoms with Crippen LogP contribution in [0, 0.1) is 6.92 Å². The van der Waals surface area contributed by atoms with E-state index in [4.69, 9.17) is 11.6 Å². The highest BCUT2D eigenvalue weighted by molar-refractivity contribution is 6.63. The Kier molecular flexibility index (Phi) is 1.77. The van der Waals surface area contributed by atoms with Crippen molar-refractivity contribution in [3.05, 3.63) is 23.8 Å². The highest BCUT2D eigenvalue weighted by Gasteiger charge is 2.08. The second kappa shape index (κ2) is 2.81. The molecule has 0 amide bonds. The van der Waals surface area contributed by atoms with Gasteiger partial charge in [-0.05, 0) is 36.2 Å². The van der Waals surface area contributed by atoms with Gasteiger partial charge in [-0.15, -0.1) is 5.10 Å². The third kappa shape index (κ3) is 1.29. The van der Waals surface area contributed by atoms with E-state index in [1.54, 1.807) is 6.07 Å². The maximum absolute atomic E-state index is 10.8.